The van der Waals surface area contributed by atoms with E-state index in [-0.39, 0.29) is 16.7 Å². The summed E-state index contributed by atoms with van der Waals surface area (Å²) in [6, 6.07) is 15.2. The van der Waals surface area contributed by atoms with Crippen LogP contribution in [0.1, 0.15) is 19.4 Å². The van der Waals surface area contributed by atoms with Crippen molar-refractivity contribution in [2.45, 2.75) is 31.3 Å². The van der Waals surface area contributed by atoms with E-state index in [0.717, 1.165) is 16.3 Å². The summed E-state index contributed by atoms with van der Waals surface area (Å²) in [5, 5.41) is 4.57. The van der Waals surface area contributed by atoms with Crippen molar-refractivity contribution < 1.29 is 13.2 Å². The fourth-order valence-electron chi connectivity index (χ4n) is 2.86. The zero-order valence-electron chi connectivity index (χ0n) is 15.8. The number of nitrogens with zero attached hydrogens (tertiary/aromatic N) is 1. The molecule has 3 aromatic rings. The first-order valence-electron chi connectivity index (χ1n) is 9.04. The zero-order chi connectivity index (χ0) is 20.1. The number of carbonyl (C=O) groups is 1. The number of pyridine rings is 1. The molecule has 1 heterocycles. The monoisotopic (exact) mass is 397 g/mol. The Bertz CT molecular complexity index is 1070. The Hall–Kier alpha value is -2.77. The zero-order valence-corrected chi connectivity index (χ0v) is 16.6. The van der Waals surface area contributed by atoms with Crippen LogP contribution in [0.5, 0.6) is 0 Å². The van der Waals surface area contributed by atoms with Gasteiger partial charge >= 0.3 is 0 Å². The molecular formula is C21H23N3O3S. The number of hydrogen-bond acceptors (Lipinski definition) is 4. The largest absolute Gasteiger partial charge is 0.351 e. The van der Waals surface area contributed by atoms with Crippen LogP contribution in [0.3, 0.4) is 0 Å². The summed E-state index contributed by atoms with van der Waals surface area (Å²) in [5.74, 6) is -0.580. The van der Waals surface area contributed by atoms with Crippen molar-refractivity contribution in [3.8, 4) is 0 Å². The van der Waals surface area contributed by atoms with E-state index in [9.17, 15) is 13.2 Å². The van der Waals surface area contributed by atoms with Crippen molar-refractivity contribution in [2.75, 3.05) is 0 Å². The second-order valence-electron chi connectivity index (χ2n) is 6.93. The van der Waals surface area contributed by atoms with Crippen molar-refractivity contribution in [3.63, 3.8) is 0 Å². The SMILES string of the molecule is CC(C)C(NS(=O)(=O)c1ccc2ccccc2c1)C(=O)NCc1ccncc1. The summed E-state index contributed by atoms with van der Waals surface area (Å²) in [6.45, 7) is 3.92. The summed E-state index contributed by atoms with van der Waals surface area (Å²) in [6.07, 6.45) is 3.29. The number of benzene rings is 2. The van der Waals surface area contributed by atoms with Gasteiger partial charge in [-0.05, 0) is 46.5 Å². The van der Waals surface area contributed by atoms with Crippen LogP contribution in [0.2, 0.25) is 0 Å². The van der Waals surface area contributed by atoms with Crippen molar-refractivity contribution >= 4 is 26.7 Å². The highest BCUT2D eigenvalue weighted by molar-refractivity contribution is 7.89. The highest BCUT2D eigenvalue weighted by Crippen LogP contribution is 2.19. The summed E-state index contributed by atoms with van der Waals surface area (Å²) in [7, 11) is -3.84. The molecule has 0 saturated heterocycles. The van der Waals surface area contributed by atoms with Gasteiger partial charge in [0.25, 0.3) is 0 Å². The number of nitrogens with one attached hydrogen (secondary N) is 2. The van der Waals surface area contributed by atoms with E-state index in [1.54, 1.807) is 56.6 Å². The Balaban J connectivity index is 1.77. The molecule has 0 bridgehead atoms. The maximum absolute atomic E-state index is 12.9. The Morgan fingerprint density at radius 3 is 2.36 bits per heavy atom. The second kappa shape index (κ2) is 8.50. The molecular weight excluding hydrogens is 374 g/mol. The van der Waals surface area contributed by atoms with Crippen LogP contribution in [0.4, 0.5) is 0 Å². The molecule has 1 atom stereocenters. The van der Waals surface area contributed by atoms with Crippen molar-refractivity contribution in [2.24, 2.45) is 5.92 Å². The third-order valence-electron chi connectivity index (χ3n) is 4.48. The van der Waals surface area contributed by atoms with Crippen LogP contribution in [-0.2, 0) is 21.4 Å². The molecule has 0 aliphatic heterocycles. The standard InChI is InChI=1S/C21H23N3O3S/c1-15(2)20(21(25)23-14-16-9-11-22-12-10-16)24-28(26,27)19-8-7-17-5-3-4-6-18(17)13-19/h3-13,15,20,24H,14H2,1-2H3,(H,23,25). The number of sulfonamides is 1. The number of amides is 1. The molecule has 2 aromatic carbocycles. The first-order valence-corrected chi connectivity index (χ1v) is 10.5. The topological polar surface area (TPSA) is 88.2 Å². The molecule has 0 aliphatic rings. The van der Waals surface area contributed by atoms with Crippen molar-refractivity contribution in [3.05, 3.63) is 72.6 Å². The minimum Gasteiger partial charge on any atom is -0.351 e. The van der Waals surface area contributed by atoms with Gasteiger partial charge in [-0.15, -0.1) is 0 Å². The third kappa shape index (κ3) is 4.74. The van der Waals surface area contributed by atoms with E-state index >= 15 is 0 Å². The highest BCUT2D eigenvalue weighted by atomic mass is 32.2. The summed E-state index contributed by atoms with van der Waals surface area (Å²) in [5.41, 5.74) is 0.892. The molecule has 2 N–H and O–H groups in total. The fraction of sp³-hybridized carbons (Fsp3) is 0.238. The van der Waals surface area contributed by atoms with Gasteiger partial charge in [0.1, 0.15) is 6.04 Å². The van der Waals surface area contributed by atoms with Crippen LogP contribution in [0.25, 0.3) is 10.8 Å². The minimum atomic E-state index is -3.84. The molecule has 146 valence electrons. The van der Waals surface area contributed by atoms with Gasteiger partial charge in [0, 0.05) is 18.9 Å². The maximum Gasteiger partial charge on any atom is 0.241 e. The van der Waals surface area contributed by atoms with Crippen molar-refractivity contribution in [1.82, 2.24) is 15.0 Å². The lowest BCUT2D eigenvalue weighted by molar-refractivity contribution is -0.123. The molecule has 0 saturated carbocycles. The van der Waals surface area contributed by atoms with Gasteiger partial charge in [0.2, 0.25) is 15.9 Å². The lowest BCUT2D eigenvalue weighted by Gasteiger charge is -2.22. The number of carbonyl (C=O) groups excluding carboxylic acids is 1. The predicted molar refractivity (Wildman–Crippen MR) is 109 cm³/mol. The smallest absolute Gasteiger partial charge is 0.241 e. The summed E-state index contributed by atoms with van der Waals surface area (Å²) in [4.78, 5) is 16.7. The molecule has 28 heavy (non-hydrogen) atoms. The van der Waals surface area contributed by atoms with E-state index < -0.39 is 16.1 Å². The van der Waals surface area contributed by atoms with Gasteiger partial charge in [-0.2, -0.15) is 4.72 Å². The normalized spacial score (nSPS) is 12.8. The molecule has 6 nitrogen and oxygen atoms in total. The second-order valence-corrected chi connectivity index (χ2v) is 8.64. The summed E-state index contributed by atoms with van der Waals surface area (Å²) < 4.78 is 28.3. The van der Waals surface area contributed by atoms with E-state index in [4.69, 9.17) is 0 Å². The Morgan fingerprint density at radius 1 is 1.00 bits per heavy atom. The molecule has 3 rings (SSSR count). The minimum absolute atomic E-state index is 0.138. The number of rotatable bonds is 7. The first kappa shape index (κ1) is 20.0. The Morgan fingerprint density at radius 2 is 1.68 bits per heavy atom. The van der Waals surface area contributed by atoms with Crippen LogP contribution in [-0.4, -0.2) is 25.4 Å². The van der Waals surface area contributed by atoms with Crippen LogP contribution >= 0.6 is 0 Å². The summed E-state index contributed by atoms with van der Waals surface area (Å²) >= 11 is 0. The van der Waals surface area contributed by atoms with E-state index in [1.165, 1.54) is 0 Å². The molecule has 1 amide bonds. The Labute approximate surface area is 165 Å². The van der Waals surface area contributed by atoms with Crippen LogP contribution in [0, 0.1) is 5.92 Å². The molecule has 0 fully saturated rings. The van der Waals surface area contributed by atoms with E-state index in [1.807, 2.05) is 24.3 Å². The number of hydrogen-bond donors (Lipinski definition) is 2. The van der Waals surface area contributed by atoms with Gasteiger partial charge in [-0.25, -0.2) is 8.42 Å². The molecule has 1 unspecified atom stereocenters. The number of fused-ring (bicyclic) bond motifs is 1. The van der Waals surface area contributed by atoms with Crippen LogP contribution < -0.4 is 10.0 Å². The lowest BCUT2D eigenvalue weighted by atomic mass is 10.0. The predicted octanol–water partition coefficient (Wildman–Crippen LogP) is 2.85. The van der Waals surface area contributed by atoms with Gasteiger partial charge in [0.05, 0.1) is 4.90 Å². The average Bonchev–Trinajstić information content (AvgIpc) is 2.70. The molecule has 0 spiro atoms. The van der Waals surface area contributed by atoms with Crippen LogP contribution in [0.15, 0.2) is 71.9 Å². The lowest BCUT2D eigenvalue weighted by Crippen LogP contribution is -2.49. The van der Waals surface area contributed by atoms with Gasteiger partial charge < -0.3 is 5.32 Å². The molecule has 0 aliphatic carbocycles. The first-order chi connectivity index (χ1) is 13.4. The Kier molecular flexibility index (Phi) is 6.06. The van der Waals surface area contributed by atoms with Gasteiger partial charge in [-0.1, -0.05) is 44.2 Å². The molecule has 1 aromatic heterocycles. The number of aromatic nitrogens is 1. The van der Waals surface area contributed by atoms with Gasteiger partial charge in [0.15, 0.2) is 0 Å². The fourth-order valence-corrected chi connectivity index (χ4v) is 4.24. The van der Waals surface area contributed by atoms with Gasteiger partial charge in [-0.3, -0.25) is 9.78 Å². The van der Waals surface area contributed by atoms with E-state index in [2.05, 4.69) is 15.0 Å². The maximum atomic E-state index is 12.9. The third-order valence-corrected chi connectivity index (χ3v) is 5.92. The molecule has 7 heteroatoms. The highest BCUT2D eigenvalue weighted by Gasteiger charge is 2.28. The molecule has 0 radical (unpaired) electrons. The van der Waals surface area contributed by atoms with Crippen molar-refractivity contribution in [1.29, 1.82) is 0 Å². The van der Waals surface area contributed by atoms with E-state index in [0.29, 0.717) is 6.54 Å². The quantitative estimate of drug-likeness (QED) is 0.642. The average molecular weight is 398 g/mol.